The van der Waals surface area contributed by atoms with Crippen molar-refractivity contribution >= 4 is 87.7 Å². The monoisotopic (exact) mass is 2090 g/mol. The van der Waals surface area contributed by atoms with E-state index >= 15 is 17.6 Å². The Morgan fingerprint density at radius 2 is 0.776 bits per heavy atom. The molecule has 8 aliphatic carbocycles. The molecular weight excluding hydrogens is 1950 g/mol. The van der Waals surface area contributed by atoms with Crippen LogP contribution in [0, 0.1) is 87.3 Å². The number of hydrogen-bond donors (Lipinski definition) is 3. The van der Waals surface area contributed by atoms with Gasteiger partial charge in [-0.25, -0.2) is 70.7 Å². The fourth-order valence-electron chi connectivity index (χ4n) is 24.0. The van der Waals surface area contributed by atoms with Crippen LogP contribution in [-0.2, 0) is 117 Å². The summed E-state index contributed by atoms with van der Waals surface area (Å²) in [5.41, 5.74) is 0.449. The van der Waals surface area contributed by atoms with Gasteiger partial charge in [0, 0.05) is 97.5 Å². The molecular formula is C108H137F4N10O18V3-3. The summed E-state index contributed by atoms with van der Waals surface area (Å²) >= 11 is 0. The van der Waals surface area contributed by atoms with E-state index in [0.29, 0.717) is 143 Å². The second kappa shape index (κ2) is 44.0. The van der Waals surface area contributed by atoms with Gasteiger partial charge in [0.05, 0.1) is 71.6 Å². The maximum Gasteiger partial charge on any atom is 0.408 e. The number of amides is 6. The van der Waals surface area contributed by atoms with Crippen molar-refractivity contribution in [3.05, 3.63) is 83.6 Å². The number of alkyl halides is 4. The molecule has 3 radical (unpaired) electrons. The van der Waals surface area contributed by atoms with Crippen LogP contribution in [0.25, 0.3) is 32.8 Å². The topological polar surface area (TPSA) is 334 Å². The van der Waals surface area contributed by atoms with Crippen LogP contribution >= 0.6 is 0 Å². The van der Waals surface area contributed by atoms with Crippen LogP contribution in [0.5, 0.6) is 34.9 Å². The molecule has 6 amide bonds. The third-order valence-corrected chi connectivity index (χ3v) is 32.4. The molecule has 3 aromatic heterocycles. The molecule has 143 heavy (non-hydrogen) atoms. The van der Waals surface area contributed by atoms with Crippen LogP contribution in [0.1, 0.15) is 261 Å². The number of alkyl carbamates (subject to hydrolysis) is 3. The van der Waals surface area contributed by atoms with Crippen molar-refractivity contribution in [1.82, 2.24) is 50.6 Å². The zero-order chi connectivity index (χ0) is 99.1. The summed E-state index contributed by atoms with van der Waals surface area (Å²) in [5, 5.41) is 9.65. The molecule has 6 aromatic rings. The second-order valence-electron chi connectivity index (χ2n) is 45.6. The predicted octanol–water partition coefficient (Wildman–Crippen LogP) is 18.4. The largest absolute Gasteiger partial charge is 0.540 e. The van der Waals surface area contributed by atoms with Crippen LogP contribution in [0.2, 0.25) is 0 Å². The Morgan fingerprint density at radius 1 is 0.406 bits per heavy atom. The summed E-state index contributed by atoms with van der Waals surface area (Å²) in [6.45, 7) is 24.8. The summed E-state index contributed by atoms with van der Waals surface area (Å²) in [7, 11) is 0. The summed E-state index contributed by atoms with van der Waals surface area (Å²) in [6, 6.07) is 13.4. The van der Waals surface area contributed by atoms with Gasteiger partial charge in [-0.15, -0.1) is 0 Å². The molecule has 14 aliphatic rings. The van der Waals surface area contributed by atoms with Crippen molar-refractivity contribution in [2.45, 2.75) is 347 Å². The first-order chi connectivity index (χ1) is 66.8. The molecule has 11 fully saturated rings. The molecule has 8 saturated carbocycles. The number of hydrogen-bond acceptors (Lipinski definition) is 22. The molecule has 20 rings (SSSR count). The smallest absolute Gasteiger partial charge is 0.408 e. The molecule has 0 spiro atoms. The average molecular weight is 2090 g/mol. The minimum absolute atomic E-state index is 0. The van der Waals surface area contributed by atoms with Crippen molar-refractivity contribution in [3.63, 3.8) is 0 Å². The van der Waals surface area contributed by atoms with E-state index in [4.69, 9.17) is 52.6 Å². The SMILES string of the molecule is CCOc1ccc2nc3c(nc2c1)O[C@H]1CN(C(=O)[C@H](C(C)(C)C)NC(=O)O[C@@H]2CC4CC4[C@H]2CCCCC3)[C@H]([C-]=O)[C@@H]1CC.CC[C@@H]1[C@@H]2CN(C(=O)[C@H](C(C)(C)C)NC(=O)O[C@@H]3CC4CC4[C@H]3CCCCC(F)(F)c3cc4ccc(OC5CC5)cc4nc3O2)[C@@H]1[C-]=O.C[C@@H]1[C@@H]2CN(C(=O)[C@H](C(C)(C)C)NC(=O)O[C@@H]3CC4CC4[C@H]3CCCCC(F)(F)c3cc4ccc(OC5CC5)cc4nc3O2)[C@@H]1[C-]=O.[V].[V].[V]. The molecule has 3 saturated heterocycles. The molecule has 6 bridgehead atoms. The number of nitrogens with zero attached hydrogens (tertiary/aromatic N) is 7. The van der Waals surface area contributed by atoms with Gasteiger partial charge in [-0.1, -0.05) is 140 Å². The minimum atomic E-state index is -3.25. The number of carbonyl (C=O) groups excluding carboxylic acids is 9. The fraction of sp³-hybridized carbons (Fsp3) is 0.676. The van der Waals surface area contributed by atoms with Crippen LogP contribution in [0.15, 0.2) is 66.7 Å². The Hall–Kier alpha value is -8.68. The van der Waals surface area contributed by atoms with E-state index in [0.717, 1.165) is 94.7 Å². The van der Waals surface area contributed by atoms with E-state index in [1.807, 2.05) is 114 Å². The van der Waals surface area contributed by atoms with Crippen LogP contribution < -0.4 is 44.4 Å². The summed E-state index contributed by atoms with van der Waals surface area (Å²) in [5.74, 6) is -3.59. The van der Waals surface area contributed by atoms with E-state index < -0.39 is 137 Å². The standard InChI is InChI=1S/C37H46F2N3O6.C36H44F2N3O6.C35H47N4O6.3V/c1-5-24-29(19-43)42-18-31(24)47-33-27(15-20-9-10-23(17-28(20)40-33)46-22-11-12-22)37(38,39)13-7-6-8-25-26-14-21(26)16-30(25)48-35(45)41-32(34(42)44)36(2,3)4;1-19-28(18-42)41-17-30(19)46-32-26(14-20-8-9-23(16-27(20)39-32)45-22-10-11-22)36(37,38)12-6-5-7-24-25-13-21(25)15-29(24)47-34(44)40-31(33(41)43)35(2,3)4;1-6-22-28(19-40)39-18-30(22)44-32-26(36-25-14-13-21(43-7-2)17-27(25)37-32)12-10-8-9-11-23-24-15-20(24)16-29(23)45-34(42)38-31(33(39)41)35(3,4)5;;;/h9-10,15,17,21-22,24-26,29-32H,5-8,11-14,16,18H2,1-4H3,(H,41,45);8-9,14,16,19,21-22,24-25,28-31H,5-7,10-13,15,17H2,1-4H3,(H,40,44);13-14,17,20,22-24,28-31H,6-12,15-16,18H2,1-5H3,(H,38,42);;;/q3*-1;;;/t21?,24-,25+,26?,29+,30+,31-,32+;19-,21?,24+,25?,28+,29+,30-,31+;20?,22-,23+,24?,28+,29+,30-,31+;;;/m000.../s1. The van der Waals surface area contributed by atoms with Gasteiger partial charge in [0.15, 0.2) is 0 Å². The first kappa shape index (κ1) is 109. The number of pyridine rings is 2. The van der Waals surface area contributed by atoms with Crippen LogP contribution in [-0.4, -0.2) is 201 Å². The number of aryl methyl sites for hydroxylation is 1. The van der Waals surface area contributed by atoms with Crippen molar-refractivity contribution in [2.75, 3.05) is 26.2 Å². The first-order valence-corrected chi connectivity index (χ1v) is 51.7. The van der Waals surface area contributed by atoms with Gasteiger partial charge in [-0.2, -0.15) is 0 Å². The van der Waals surface area contributed by atoms with Gasteiger partial charge < -0.3 is 87.7 Å². The van der Waals surface area contributed by atoms with Gasteiger partial charge >= 0.3 is 18.3 Å². The van der Waals surface area contributed by atoms with E-state index in [-0.39, 0.29) is 165 Å². The maximum absolute atomic E-state index is 16.3. The average Bonchev–Trinajstić information content (AvgIpc) is 1.66. The molecule has 773 valence electrons. The zero-order valence-electron chi connectivity index (χ0n) is 84.2. The Bertz CT molecular complexity index is 5650. The minimum Gasteiger partial charge on any atom is -0.540 e. The summed E-state index contributed by atoms with van der Waals surface area (Å²) < 4.78 is 120. The molecule has 3 aromatic carbocycles. The quantitative estimate of drug-likeness (QED) is 0.0616. The molecule has 6 unspecified atom stereocenters. The number of carbonyl (C=O) groups is 6. The van der Waals surface area contributed by atoms with Gasteiger partial charge in [0.2, 0.25) is 35.4 Å². The number of fused-ring (bicyclic) bond motifs is 21. The van der Waals surface area contributed by atoms with Crippen LogP contribution in [0.4, 0.5) is 31.9 Å². The van der Waals surface area contributed by atoms with E-state index in [2.05, 4.69) is 32.2 Å². The maximum atomic E-state index is 16.3. The molecule has 28 nitrogen and oxygen atoms in total. The first-order valence-electron chi connectivity index (χ1n) is 51.7. The number of rotatable bonds is 11. The summed E-state index contributed by atoms with van der Waals surface area (Å²) in [4.78, 5) is 143. The van der Waals surface area contributed by atoms with Crippen LogP contribution in [0.3, 0.4) is 0 Å². The number of benzene rings is 3. The molecule has 6 aliphatic heterocycles. The van der Waals surface area contributed by atoms with Crippen molar-refractivity contribution in [1.29, 1.82) is 0 Å². The van der Waals surface area contributed by atoms with Crippen molar-refractivity contribution < 1.29 is 159 Å². The Labute approximate surface area is 870 Å². The molecule has 3 N–H and O–H groups in total. The van der Waals surface area contributed by atoms with Gasteiger partial charge in [0.1, 0.15) is 77.7 Å². The molecule has 9 heterocycles. The normalized spacial score (nSPS) is 32.7. The Balaban J connectivity index is 0.000000160. The number of halogens is 4. The number of nitrogens with one attached hydrogen (secondary N) is 3. The predicted molar refractivity (Wildman–Crippen MR) is 511 cm³/mol. The third-order valence-electron chi connectivity index (χ3n) is 32.4. The third kappa shape index (κ3) is 24.0. The second-order valence-corrected chi connectivity index (χ2v) is 45.6. The van der Waals surface area contributed by atoms with E-state index in [1.165, 1.54) is 33.3 Å². The van der Waals surface area contributed by atoms with Crippen molar-refractivity contribution in [3.8, 4) is 34.9 Å². The number of aromatic nitrogens is 4. The van der Waals surface area contributed by atoms with E-state index in [9.17, 15) is 43.2 Å². The zero-order valence-corrected chi connectivity index (χ0v) is 88.4. The van der Waals surface area contributed by atoms with Gasteiger partial charge in [0.25, 0.3) is 11.8 Å². The Morgan fingerprint density at radius 3 is 1.17 bits per heavy atom. The van der Waals surface area contributed by atoms with Gasteiger partial charge in [-0.3, -0.25) is 14.4 Å². The van der Waals surface area contributed by atoms with Gasteiger partial charge in [-0.05, 0) is 252 Å². The van der Waals surface area contributed by atoms with E-state index in [1.54, 1.807) is 43.3 Å². The Kier molecular flexibility index (Phi) is 33.4. The molecule has 35 heteroatoms. The fourth-order valence-corrected chi connectivity index (χ4v) is 24.0. The molecule has 24 atom stereocenters. The summed E-state index contributed by atoms with van der Waals surface area (Å²) in [6.07, 6.45) is 19.3. The number of ether oxygens (including phenoxy) is 9. The van der Waals surface area contributed by atoms with Crippen molar-refractivity contribution in [2.24, 2.45) is 87.3 Å².